The van der Waals surface area contributed by atoms with Gasteiger partial charge in [0.2, 0.25) is 0 Å². The van der Waals surface area contributed by atoms with Crippen molar-refractivity contribution in [2.75, 3.05) is 33.9 Å². The van der Waals surface area contributed by atoms with Crippen LogP contribution in [0.15, 0.2) is 21.8 Å². The van der Waals surface area contributed by atoms with Crippen LogP contribution in [0, 0.1) is 0 Å². The van der Waals surface area contributed by atoms with Gasteiger partial charge in [-0.25, -0.2) is 0 Å². The molecule has 1 aromatic heterocycles. The van der Waals surface area contributed by atoms with Gasteiger partial charge >= 0.3 is 0 Å². The van der Waals surface area contributed by atoms with Crippen LogP contribution >= 0.6 is 11.3 Å². The first kappa shape index (κ1) is 17.0. The standard InChI is InChI=1S/C15H27N3OS/c1-13(14-7-10-20-12-14)11-18-15(16-2)17-8-5-4-6-9-19-3/h7,10,12-13H,4-6,8-9,11H2,1-3H3,(H2,16,17,18). The van der Waals surface area contributed by atoms with Gasteiger partial charge in [-0.1, -0.05) is 6.92 Å². The van der Waals surface area contributed by atoms with Crippen molar-refractivity contribution >= 4 is 17.3 Å². The predicted octanol–water partition coefficient (Wildman–Crippen LogP) is 2.83. The second-order valence-electron chi connectivity index (χ2n) is 4.89. The van der Waals surface area contributed by atoms with E-state index in [2.05, 4.69) is 39.4 Å². The van der Waals surface area contributed by atoms with Gasteiger partial charge in [-0.15, -0.1) is 0 Å². The maximum absolute atomic E-state index is 5.04. The number of rotatable bonds is 9. The summed E-state index contributed by atoms with van der Waals surface area (Å²) in [5.74, 6) is 1.39. The predicted molar refractivity (Wildman–Crippen MR) is 87.8 cm³/mol. The highest BCUT2D eigenvalue weighted by Gasteiger charge is 2.06. The molecule has 4 nitrogen and oxygen atoms in total. The molecule has 1 rings (SSSR count). The molecule has 0 aliphatic heterocycles. The van der Waals surface area contributed by atoms with Gasteiger partial charge in [-0.3, -0.25) is 4.99 Å². The summed E-state index contributed by atoms with van der Waals surface area (Å²) in [4.78, 5) is 4.25. The smallest absolute Gasteiger partial charge is 0.190 e. The Morgan fingerprint density at radius 3 is 2.85 bits per heavy atom. The molecule has 0 fully saturated rings. The van der Waals surface area contributed by atoms with E-state index in [1.54, 1.807) is 18.4 Å². The molecule has 0 aliphatic carbocycles. The van der Waals surface area contributed by atoms with E-state index in [9.17, 15) is 0 Å². The van der Waals surface area contributed by atoms with E-state index in [0.717, 1.165) is 38.5 Å². The topological polar surface area (TPSA) is 45.7 Å². The van der Waals surface area contributed by atoms with E-state index < -0.39 is 0 Å². The first-order valence-corrected chi connectivity index (χ1v) is 8.17. The SMILES string of the molecule is CN=C(NCCCCCOC)NCC(C)c1ccsc1. The lowest BCUT2D eigenvalue weighted by Crippen LogP contribution is -2.39. The van der Waals surface area contributed by atoms with E-state index >= 15 is 0 Å². The number of methoxy groups -OCH3 is 1. The zero-order chi connectivity index (χ0) is 14.6. The summed E-state index contributed by atoms with van der Waals surface area (Å²) >= 11 is 1.75. The van der Waals surface area contributed by atoms with Crippen LogP contribution in [0.1, 0.15) is 37.7 Å². The van der Waals surface area contributed by atoms with Crippen molar-refractivity contribution in [3.8, 4) is 0 Å². The van der Waals surface area contributed by atoms with E-state index in [0.29, 0.717) is 5.92 Å². The summed E-state index contributed by atoms with van der Waals surface area (Å²) in [5, 5.41) is 11.1. The van der Waals surface area contributed by atoms with Crippen LogP contribution in [-0.4, -0.2) is 39.8 Å². The Labute approximate surface area is 126 Å². The second-order valence-corrected chi connectivity index (χ2v) is 5.67. The normalized spacial score (nSPS) is 13.2. The monoisotopic (exact) mass is 297 g/mol. The molecule has 0 radical (unpaired) electrons. The third-order valence-electron chi connectivity index (χ3n) is 3.23. The summed E-state index contributed by atoms with van der Waals surface area (Å²) in [6.07, 6.45) is 3.45. The Morgan fingerprint density at radius 2 is 2.20 bits per heavy atom. The van der Waals surface area contributed by atoms with Crippen molar-refractivity contribution in [2.24, 2.45) is 4.99 Å². The number of aliphatic imine (C=N–C) groups is 1. The van der Waals surface area contributed by atoms with Gasteiger partial charge in [0, 0.05) is 33.9 Å². The molecule has 0 saturated carbocycles. The molecule has 5 heteroatoms. The minimum absolute atomic E-state index is 0.501. The lowest BCUT2D eigenvalue weighted by molar-refractivity contribution is 0.192. The number of hydrogen-bond donors (Lipinski definition) is 2. The fraction of sp³-hybridized carbons (Fsp3) is 0.667. The second kappa shape index (κ2) is 10.7. The van der Waals surface area contributed by atoms with E-state index in [1.807, 2.05) is 7.05 Å². The Balaban J connectivity index is 2.13. The van der Waals surface area contributed by atoms with Crippen molar-refractivity contribution in [3.05, 3.63) is 22.4 Å². The molecular formula is C15H27N3OS. The van der Waals surface area contributed by atoms with Gasteiger partial charge in [0.05, 0.1) is 0 Å². The lowest BCUT2D eigenvalue weighted by Gasteiger charge is -2.15. The number of hydrogen-bond acceptors (Lipinski definition) is 3. The van der Waals surface area contributed by atoms with Crippen LogP contribution < -0.4 is 10.6 Å². The molecule has 114 valence electrons. The van der Waals surface area contributed by atoms with Gasteiger partial charge in [-0.05, 0) is 47.6 Å². The van der Waals surface area contributed by atoms with Crippen molar-refractivity contribution in [1.82, 2.24) is 10.6 Å². The van der Waals surface area contributed by atoms with Crippen molar-refractivity contribution in [3.63, 3.8) is 0 Å². The van der Waals surface area contributed by atoms with Crippen LogP contribution in [0.25, 0.3) is 0 Å². The molecule has 0 amide bonds. The van der Waals surface area contributed by atoms with Crippen LogP contribution in [0.2, 0.25) is 0 Å². The van der Waals surface area contributed by atoms with Gasteiger partial charge in [0.25, 0.3) is 0 Å². The van der Waals surface area contributed by atoms with E-state index in [1.165, 1.54) is 12.0 Å². The fourth-order valence-electron chi connectivity index (χ4n) is 1.90. The van der Waals surface area contributed by atoms with Gasteiger partial charge < -0.3 is 15.4 Å². The minimum Gasteiger partial charge on any atom is -0.385 e. The van der Waals surface area contributed by atoms with Crippen molar-refractivity contribution in [2.45, 2.75) is 32.1 Å². The summed E-state index contributed by atoms with van der Waals surface area (Å²) < 4.78 is 5.04. The summed E-state index contributed by atoms with van der Waals surface area (Å²) in [5.41, 5.74) is 1.39. The first-order chi connectivity index (χ1) is 9.77. The Morgan fingerprint density at radius 1 is 1.35 bits per heavy atom. The molecule has 1 atom stereocenters. The minimum atomic E-state index is 0.501. The number of guanidine groups is 1. The maximum Gasteiger partial charge on any atom is 0.190 e. The number of ether oxygens (including phenoxy) is 1. The van der Waals surface area contributed by atoms with Gasteiger partial charge in [0.15, 0.2) is 5.96 Å². The molecule has 0 bridgehead atoms. The highest BCUT2D eigenvalue weighted by Crippen LogP contribution is 2.16. The van der Waals surface area contributed by atoms with E-state index in [4.69, 9.17) is 4.74 Å². The molecule has 0 aliphatic rings. The molecule has 2 N–H and O–H groups in total. The average molecular weight is 297 g/mol. The van der Waals surface area contributed by atoms with Crippen molar-refractivity contribution in [1.29, 1.82) is 0 Å². The quantitative estimate of drug-likeness (QED) is 0.418. The van der Waals surface area contributed by atoms with Crippen LogP contribution in [-0.2, 0) is 4.74 Å². The summed E-state index contributed by atoms with van der Waals surface area (Å²) in [6.45, 7) is 4.94. The van der Waals surface area contributed by atoms with Gasteiger partial charge in [0.1, 0.15) is 0 Å². The molecule has 20 heavy (non-hydrogen) atoms. The van der Waals surface area contributed by atoms with E-state index in [-0.39, 0.29) is 0 Å². The summed E-state index contributed by atoms with van der Waals surface area (Å²) in [7, 11) is 3.56. The lowest BCUT2D eigenvalue weighted by atomic mass is 10.1. The third kappa shape index (κ3) is 6.91. The highest BCUT2D eigenvalue weighted by molar-refractivity contribution is 7.07. The van der Waals surface area contributed by atoms with Crippen LogP contribution in [0.3, 0.4) is 0 Å². The molecule has 0 saturated heterocycles. The number of unbranched alkanes of at least 4 members (excludes halogenated alkanes) is 2. The van der Waals surface area contributed by atoms with Crippen LogP contribution in [0.5, 0.6) is 0 Å². The van der Waals surface area contributed by atoms with Gasteiger partial charge in [-0.2, -0.15) is 11.3 Å². The first-order valence-electron chi connectivity index (χ1n) is 7.23. The fourth-order valence-corrected chi connectivity index (χ4v) is 2.68. The highest BCUT2D eigenvalue weighted by atomic mass is 32.1. The Kier molecular flexibility index (Phi) is 9.07. The largest absolute Gasteiger partial charge is 0.385 e. The molecule has 1 heterocycles. The molecule has 0 aromatic carbocycles. The average Bonchev–Trinajstić information content (AvgIpc) is 2.99. The Bertz CT molecular complexity index is 365. The van der Waals surface area contributed by atoms with Crippen molar-refractivity contribution < 1.29 is 4.74 Å². The number of thiophene rings is 1. The van der Waals surface area contributed by atoms with Crippen LogP contribution in [0.4, 0.5) is 0 Å². The number of nitrogens with one attached hydrogen (secondary N) is 2. The summed E-state index contributed by atoms with van der Waals surface area (Å²) in [6, 6.07) is 2.18. The third-order valence-corrected chi connectivity index (χ3v) is 3.93. The molecular weight excluding hydrogens is 270 g/mol. The zero-order valence-corrected chi connectivity index (χ0v) is 13.6. The zero-order valence-electron chi connectivity index (χ0n) is 12.8. The number of nitrogens with zero attached hydrogens (tertiary/aromatic N) is 1. The maximum atomic E-state index is 5.04. The molecule has 1 aromatic rings. The molecule has 0 spiro atoms. The molecule has 1 unspecified atom stereocenters. The Hall–Kier alpha value is -1.07.